The Balaban J connectivity index is 2.03. The number of rotatable bonds is 5. The van der Waals surface area contributed by atoms with Crippen LogP contribution < -0.4 is 5.48 Å². The number of ether oxygens (including phenoxy) is 1. The van der Waals surface area contributed by atoms with E-state index in [0.717, 1.165) is 18.6 Å². The summed E-state index contributed by atoms with van der Waals surface area (Å²) < 4.78 is 4.77. The lowest BCUT2D eigenvalue weighted by Crippen LogP contribution is -2.32. The van der Waals surface area contributed by atoms with Gasteiger partial charge in [-0.2, -0.15) is 0 Å². The zero-order valence-electron chi connectivity index (χ0n) is 7.75. The summed E-state index contributed by atoms with van der Waals surface area (Å²) in [5, 5.41) is 0.0857. The molecule has 1 amide bonds. The van der Waals surface area contributed by atoms with Crippen molar-refractivity contribution in [1.82, 2.24) is 5.48 Å². The lowest BCUT2D eigenvalue weighted by molar-refractivity contribution is -0.134. The smallest absolute Gasteiger partial charge is 0.256 e. The molecule has 0 aromatic rings. The van der Waals surface area contributed by atoms with Gasteiger partial charge in [0.2, 0.25) is 0 Å². The van der Waals surface area contributed by atoms with Gasteiger partial charge in [0.15, 0.2) is 0 Å². The molecule has 4 nitrogen and oxygen atoms in total. The third-order valence-corrected chi connectivity index (χ3v) is 3.16. The van der Waals surface area contributed by atoms with E-state index < -0.39 is 0 Å². The second-order valence-corrected chi connectivity index (χ2v) is 4.12. The molecule has 0 aliphatic carbocycles. The van der Waals surface area contributed by atoms with E-state index in [9.17, 15) is 4.79 Å². The predicted octanol–water partition coefficient (Wildman–Crippen LogP) is 0.576. The van der Waals surface area contributed by atoms with Crippen molar-refractivity contribution in [2.24, 2.45) is 0 Å². The Morgan fingerprint density at radius 1 is 1.62 bits per heavy atom. The maximum absolute atomic E-state index is 11.3. The molecular formula is C8H15NO3S. The van der Waals surface area contributed by atoms with Crippen molar-refractivity contribution in [3.05, 3.63) is 0 Å². The van der Waals surface area contributed by atoms with Crippen LogP contribution in [0, 0.1) is 0 Å². The first-order chi connectivity index (χ1) is 6.34. The van der Waals surface area contributed by atoms with E-state index in [1.807, 2.05) is 0 Å². The van der Waals surface area contributed by atoms with E-state index in [4.69, 9.17) is 9.57 Å². The van der Waals surface area contributed by atoms with E-state index in [0.29, 0.717) is 13.2 Å². The molecule has 1 fully saturated rings. The van der Waals surface area contributed by atoms with E-state index in [2.05, 4.69) is 5.48 Å². The molecule has 76 valence electrons. The number of amides is 1. The molecule has 1 N–H and O–H groups in total. The molecule has 0 saturated carbocycles. The minimum atomic E-state index is -0.0152. The minimum Gasteiger partial charge on any atom is -0.382 e. The fourth-order valence-corrected chi connectivity index (χ4v) is 2.25. The maximum atomic E-state index is 11.3. The molecule has 1 saturated heterocycles. The summed E-state index contributed by atoms with van der Waals surface area (Å²) in [6, 6.07) is 0. The first-order valence-electron chi connectivity index (χ1n) is 4.37. The largest absolute Gasteiger partial charge is 0.382 e. The number of carbonyl (C=O) groups excluding carboxylic acids is 1. The van der Waals surface area contributed by atoms with Gasteiger partial charge in [-0.25, -0.2) is 5.48 Å². The summed E-state index contributed by atoms with van der Waals surface area (Å²) in [6.07, 6.45) is 2.09. The molecule has 1 aliphatic rings. The molecule has 1 atom stereocenters. The summed E-state index contributed by atoms with van der Waals surface area (Å²) in [5.74, 6) is 1.06. The Morgan fingerprint density at radius 3 is 3.08 bits per heavy atom. The van der Waals surface area contributed by atoms with Crippen LogP contribution in [0.25, 0.3) is 0 Å². The van der Waals surface area contributed by atoms with E-state index >= 15 is 0 Å². The van der Waals surface area contributed by atoms with Crippen molar-refractivity contribution in [2.45, 2.75) is 18.1 Å². The number of hydrogen-bond donors (Lipinski definition) is 1. The first kappa shape index (κ1) is 10.8. The lowest BCUT2D eigenvalue weighted by Gasteiger charge is -2.09. The molecule has 0 aromatic heterocycles. The predicted molar refractivity (Wildman–Crippen MR) is 51.5 cm³/mol. The number of nitrogens with one attached hydrogen (secondary N) is 1. The third-order valence-electron chi connectivity index (χ3n) is 1.78. The fraction of sp³-hybridized carbons (Fsp3) is 0.875. The molecular weight excluding hydrogens is 190 g/mol. The lowest BCUT2D eigenvalue weighted by atomic mass is 10.2. The molecule has 13 heavy (non-hydrogen) atoms. The van der Waals surface area contributed by atoms with Crippen LogP contribution in [0.4, 0.5) is 0 Å². The highest BCUT2D eigenvalue weighted by Crippen LogP contribution is 2.25. The summed E-state index contributed by atoms with van der Waals surface area (Å²) >= 11 is 1.69. The van der Waals surface area contributed by atoms with Crippen LogP contribution in [0.1, 0.15) is 12.8 Å². The standard InChI is InChI=1S/C8H15NO3S/c1-11-4-5-12-9-8(10)7-3-2-6-13-7/h7H,2-6H2,1H3,(H,9,10). The highest BCUT2D eigenvalue weighted by atomic mass is 32.2. The Morgan fingerprint density at radius 2 is 2.46 bits per heavy atom. The van der Waals surface area contributed by atoms with E-state index in [-0.39, 0.29) is 11.2 Å². The van der Waals surface area contributed by atoms with Crippen LogP contribution in [0.2, 0.25) is 0 Å². The van der Waals surface area contributed by atoms with Crippen molar-refractivity contribution in [2.75, 3.05) is 26.1 Å². The number of hydroxylamine groups is 1. The fourth-order valence-electron chi connectivity index (χ4n) is 1.10. The van der Waals surface area contributed by atoms with Crippen LogP contribution in [-0.4, -0.2) is 37.2 Å². The van der Waals surface area contributed by atoms with Crippen LogP contribution in [0.15, 0.2) is 0 Å². The zero-order chi connectivity index (χ0) is 9.52. The van der Waals surface area contributed by atoms with Gasteiger partial charge < -0.3 is 4.74 Å². The Bertz CT molecular complexity index is 159. The zero-order valence-corrected chi connectivity index (χ0v) is 8.56. The summed E-state index contributed by atoms with van der Waals surface area (Å²) in [6.45, 7) is 0.901. The average molecular weight is 205 g/mol. The van der Waals surface area contributed by atoms with Crippen LogP contribution in [0.5, 0.6) is 0 Å². The number of thioether (sulfide) groups is 1. The summed E-state index contributed by atoms with van der Waals surface area (Å²) in [4.78, 5) is 16.2. The Kier molecular flexibility index (Phi) is 5.19. The molecule has 0 aromatic carbocycles. The first-order valence-corrected chi connectivity index (χ1v) is 5.41. The van der Waals surface area contributed by atoms with Gasteiger partial charge in [0.1, 0.15) is 0 Å². The minimum absolute atomic E-state index is 0.0152. The summed E-state index contributed by atoms with van der Waals surface area (Å²) in [7, 11) is 1.60. The van der Waals surface area contributed by atoms with Gasteiger partial charge >= 0.3 is 0 Å². The number of carbonyl (C=O) groups is 1. The average Bonchev–Trinajstić information content (AvgIpc) is 2.65. The van der Waals surface area contributed by atoms with Crippen LogP contribution in [0.3, 0.4) is 0 Å². The molecule has 0 bridgehead atoms. The quantitative estimate of drug-likeness (QED) is 0.527. The van der Waals surface area contributed by atoms with E-state index in [1.54, 1.807) is 18.9 Å². The molecule has 5 heteroatoms. The molecule has 1 rings (SSSR count). The SMILES string of the molecule is COCCONC(=O)C1CCCS1. The highest BCUT2D eigenvalue weighted by Gasteiger charge is 2.23. The topological polar surface area (TPSA) is 47.6 Å². The Labute approximate surface area is 82.3 Å². The van der Waals surface area contributed by atoms with Crippen molar-refractivity contribution < 1.29 is 14.4 Å². The third kappa shape index (κ3) is 3.97. The van der Waals surface area contributed by atoms with Crippen molar-refractivity contribution in [1.29, 1.82) is 0 Å². The number of methoxy groups -OCH3 is 1. The molecule has 0 spiro atoms. The van der Waals surface area contributed by atoms with Gasteiger partial charge in [0, 0.05) is 7.11 Å². The highest BCUT2D eigenvalue weighted by molar-refractivity contribution is 8.00. The monoisotopic (exact) mass is 205 g/mol. The number of hydrogen-bond acceptors (Lipinski definition) is 4. The van der Waals surface area contributed by atoms with Crippen molar-refractivity contribution in [3.63, 3.8) is 0 Å². The second-order valence-electron chi connectivity index (χ2n) is 2.81. The van der Waals surface area contributed by atoms with Crippen molar-refractivity contribution >= 4 is 17.7 Å². The van der Waals surface area contributed by atoms with Gasteiger partial charge in [0.25, 0.3) is 5.91 Å². The van der Waals surface area contributed by atoms with Gasteiger partial charge in [0.05, 0.1) is 18.5 Å². The van der Waals surface area contributed by atoms with Crippen LogP contribution >= 0.6 is 11.8 Å². The second kappa shape index (κ2) is 6.23. The molecule has 1 aliphatic heterocycles. The maximum Gasteiger partial charge on any atom is 0.256 e. The normalized spacial score (nSPS) is 21.8. The van der Waals surface area contributed by atoms with Gasteiger partial charge in [-0.15, -0.1) is 11.8 Å². The molecule has 0 radical (unpaired) electrons. The van der Waals surface area contributed by atoms with E-state index in [1.165, 1.54) is 0 Å². The molecule has 1 unspecified atom stereocenters. The van der Waals surface area contributed by atoms with Gasteiger partial charge in [-0.05, 0) is 18.6 Å². The van der Waals surface area contributed by atoms with Gasteiger partial charge in [-0.3, -0.25) is 9.63 Å². The Hall–Kier alpha value is -0.260. The summed E-state index contributed by atoms with van der Waals surface area (Å²) in [5.41, 5.74) is 2.42. The van der Waals surface area contributed by atoms with Crippen molar-refractivity contribution in [3.8, 4) is 0 Å². The molecule has 1 heterocycles. The van der Waals surface area contributed by atoms with Crippen LogP contribution in [-0.2, 0) is 14.4 Å². The van der Waals surface area contributed by atoms with Gasteiger partial charge in [-0.1, -0.05) is 0 Å².